The highest BCUT2D eigenvalue weighted by Crippen LogP contribution is 2.18. The lowest BCUT2D eigenvalue weighted by atomic mass is 10.3. The lowest BCUT2D eigenvalue weighted by Crippen LogP contribution is -2.50. The Hall–Kier alpha value is -2.06. The van der Waals surface area contributed by atoms with Crippen molar-refractivity contribution in [1.29, 1.82) is 0 Å². The van der Waals surface area contributed by atoms with Crippen molar-refractivity contribution < 1.29 is 14.3 Å². The summed E-state index contributed by atoms with van der Waals surface area (Å²) in [6, 6.07) is 7.13. The van der Waals surface area contributed by atoms with E-state index in [2.05, 4.69) is 21.1 Å². The molecule has 1 aromatic carbocycles. The Bertz CT molecular complexity index is 537. The molecule has 0 saturated carbocycles. The number of rotatable bonds is 9. The molecule has 7 nitrogen and oxygen atoms in total. The SMILES string of the molecule is CCOc1ccc(O[C@H](C)C(=O)NNC(=S)NCCCN(C)C)cc1. The molecule has 0 unspecified atom stereocenters. The van der Waals surface area contributed by atoms with Crippen LogP contribution in [0.5, 0.6) is 11.5 Å². The molecular formula is C17H28N4O3S. The number of nitrogens with one attached hydrogen (secondary N) is 3. The van der Waals surface area contributed by atoms with E-state index in [9.17, 15) is 4.79 Å². The third-order valence-electron chi connectivity index (χ3n) is 3.18. The summed E-state index contributed by atoms with van der Waals surface area (Å²) >= 11 is 5.10. The maximum atomic E-state index is 12.0. The van der Waals surface area contributed by atoms with Gasteiger partial charge in [0.1, 0.15) is 11.5 Å². The summed E-state index contributed by atoms with van der Waals surface area (Å²) in [6.07, 6.45) is 0.294. The number of carbonyl (C=O) groups excluding carboxylic acids is 1. The molecule has 0 spiro atoms. The van der Waals surface area contributed by atoms with Crippen LogP contribution >= 0.6 is 12.2 Å². The van der Waals surface area contributed by atoms with E-state index >= 15 is 0 Å². The molecule has 3 N–H and O–H groups in total. The van der Waals surface area contributed by atoms with Gasteiger partial charge < -0.3 is 19.7 Å². The van der Waals surface area contributed by atoms with Crippen LogP contribution in [-0.4, -0.2) is 55.8 Å². The molecular weight excluding hydrogens is 340 g/mol. The van der Waals surface area contributed by atoms with E-state index in [0.29, 0.717) is 17.5 Å². The minimum atomic E-state index is -0.665. The predicted octanol–water partition coefficient (Wildman–Crippen LogP) is 1.30. The van der Waals surface area contributed by atoms with E-state index in [1.165, 1.54) is 0 Å². The standard InChI is InChI=1S/C17H28N4O3S/c1-5-23-14-7-9-15(10-8-14)24-13(2)16(22)19-20-17(25)18-11-6-12-21(3)4/h7-10,13H,5-6,11-12H2,1-4H3,(H,19,22)(H2,18,20,25)/t13-/m1/s1. The normalized spacial score (nSPS) is 11.6. The summed E-state index contributed by atoms with van der Waals surface area (Å²) in [6.45, 7) is 5.90. The van der Waals surface area contributed by atoms with Crippen LogP contribution in [0.25, 0.3) is 0 Å². The van der Waals surface area contributed by atoms with Gasteiger partial charge in [-0.2, -0.15) is 0 Å². The Kier molecular flexibility index (Phi) is 9.64. The minimum absolute atomic E-state index is 0.314. The van der Waals surface area contributed by atoms with E-state index < -0.39 is 6.10 Å². The summed E-state index contributed by atoms with van der Waals surface area (Å²) in [5.74, 6) is 1.04. The van der Waals surface area contributed by atoms with Gasteiger partial charge in [-0.3, -0.25) is 15.6 Å². The summed E-state index contributed by atoms with van der Waals surface area (Å²) in [7, 11) is 4.03. The minimum Gasteiger partial charge on any atom is -0.494 e. The van der Waals surface area contributed by atoms with Crippen LogP contribution in [0.3, 0.4) is 0 Å². The number of amides is 1. The third kappa shape index (κ3) is 9.11. The van der Waals surface area contributed by atoms with Gasteiger partial charge in [0.05, 0.1) is 6.61 Å². The van der Waals surface area contributed by atoms with E-state index in [1.54, 1.807) is 31.2 Å². The molecule has 0 saturated heterocycles. The Morgan fingerprint density at radius 1 is 1.20 bits per heavy atom. The van der Waals surface area contributed by atoms with Gasteiger partial charge in [0.15, 0.2) is 11.2 Å². The van der Waals surface area contributed by atoms with Gasteiger partial charge in [-0.25, -0.2) is 0 Å². The molecule has 0 aliphatic heterocycles. The fraction of sp³-hybridized carbons (Fsp3) is 0.529. The number of thiocarbonyl (C=S) groups is 1. The van der Waals surface area contributed by atoms with Crippen molar-refractivity contribution in [2.45, 2.75) is 26.4 Å². The smallest absolute Gasteiger partial charge is 0.279 e. The van der Waals surface area contributed by atoms with E-state index in [4.69, 9.17) is 21.7 Å². The Labute approximate surface area is 155 Å². The maximum absolute atomic E-state index is 12.0. The Morgan fingerprint density at radius 2 is 1.84 bits per heavy atom. The van der Waals surface area contributed by atoms with Crippen LogP contribution in [-0.2, 0) is 4.79 Å². The zero-order valence-corrected chi connectivity index (χ0v) is 16.1. The van der Waals surface area contributed by atoms with Gasteiger partial charge in [0.2, 0.25) is 0 Å². The summed E-state index contributed by atoms with van der Waals surface area (Å²) < 4.78 is 11.0. The molecule has 1 rings (SSSR count). The molecule has 1 aromatic rings. The van der Waals surface area contributed by atoms with Crippen LogP contribution in [0.15, 0.2) is 24.3 Å². The fourth-order valence-corrected chi connectivity index (χ4v) is 2.05. The molecule has 140 valence electrons. The number of hydrazine groups is 1. The average molecular weight is 369 g/mol. The first-order valence-electron chi connectivity index (χ1n) is 8.30. The molecule has 8 heteroatoms. The molecule has 0 bridgehead atoms. The zero-order valence-electron chi connectivity index (χ0n) is 15.3. The number of benzene rings is 1. The molecule has 0 heterocycles. The molecule has 0 aliphatic rings. The van der Waals surface area contributed by atoms with Gasteiger partial charge in [-0.1, -0.05) is 0 Å². The number of ether oxygens (including phenoxy) is 2. The van der Waals surface area contributed by atoms with Crippen LogP contribution in [0.4, 0.5) is 0 Å². The van der Waals surface area contributed by atoms with Gasteiger partial charge in [0, 0.05) is 6.54 Å². The molecule has 25 heavy (non-hydrogen) atoms. The van der Waals surface area contributed by atoms with Crippen molar-refractivity contribution in [3.8, 4) is 11.5 Å². The fourth-order valence-electron chi connectivity index (χ4n) is 1.90. The lowest BCUT2D eigenvalue weighted by Gasteiger charge is -2.17. The van der Waals surface area contributed by atoms with Crippen LogP contribution in [0.2, 0.25) is 0 Å². The van der Waals surface area contributed by atoms with E-state index in [0.717, 1.165) is 25.3 Å². The van der Waals surface area contributed by atoms with Crippen molar-refractivity contribution >= 4 is 23.2 Å². The van der Waals surface area contributed by atoms with Gasteiger partial charge >= 0.3 is 0 Å². The largest absolute Gasteiger partial charge is 0.494 e. The first kappa shape index (κ1) is 21.0. The van der Waals surface area contributed by atoms with Crippen LogP contribution in [0, 0.1) is 0 Å². The second-order valence-electron chi connectivity index (χ2n) is 5.69. The maximum Gasteiger partial charge on any atom is 0.279 e. The third-order valence-corrected chi connectivity index (χ3v) is 3.43. The predicted molar refractivity (Wildman–Crippen MR) is 103 cm³/mol. The molecule has 1 atom stereocenters. The molecule has 0 radical (unpaired) electrons. The number of nitrogens with zero attached hydrogens (tertiary/aromatic N) is 1. The topological polar surface area (TPSA) is 74.9 Å². The first-order valence-corrected chi connectivity index (χ1v) is 8.71. The van der Waals surface area contributed by atoms with Gasteiger partial charge in [0.25, 0.3) is 5.91 Å². The van der Waals surface area contributed by atoms with Crippen LogP contribution in [0.1, 0.15) is 20.3 Å². The number of hydrogen-bond acceptors (Lipinski definition) is 5. The van der Waals surface area contributed by atoms with Crippen molar-refractivity contribution in [2.75, 3.05) is 33.8 Å². The monoisotopic (exact) mass is 368 g/mol. The van der Waals surface area contributed by atoms with Crippen molar-refractivity contribution in [1.82, 2.24) is 21.1 Å². The molecule has 1 amide bonds. The Morgan fingerprint density at radius 3 is 2.44 bits per heavy atom. The Balaban J connectivity index is 2.28. The van der Waals surface area contributed by atoms with Gasteiger partial charge in [-0.15, -0.1) is 0 Å². The van der Waals surface area contributed by atoms with E-state index in [1.807, 2.05) is 21.0 Å². The van der Waals surface area contributed by atoms with Crippen LogP contribution < -0.4 is 25.6 Å². The average Bonchev–Trinajstić information content (AvgIpc) is 2.58. The molecule has 0 fully saturated rings. The first-order chi connectivity index (χ1) is 11.9. The summed E-state index contributed by atoms with van der Waals surface area (Å²) in [5.41, 5.74) is 5.20. The summed E-state index contributed by atoms with van der Waals surface area (Å²) in [4.78, 5) is 14.1. The highest BCUT2D eigenvalue weighted by Gasteiger charge is 2.14. The second-order valence-corrected chi connectivity index (χ2v) is 6.10. The number of carbonyl (C=O) groups is 1. The number of hydrogen-bond donors (Lipinski definition) is 3. The van der Waals surface area contributed by atoms with E-state index in [-0.39, 0.29) is 5.91 Å². The lowest BCUT2D eigenvalue weighted by molar-refractivity contribution is -0.127. The molecule has 0 aliphatic carbocycles. The van der Waals surface area contributed by atoms with Gasteiger partial charge in [-0.05, 0) is 77.4 Å². The van der Waals surface area contributed by atoms with Crippen molar-refractivity contribution in [3.63, 3.8) is 0 Å². The zero-order chi connectivity index (χ0) is 18.7. The quantitative estimate of drug-likeness (QED) is 0.345. The van der Waals surface area contributed by atoms with Crippen molar-refractivity contribution in [2.24, 2.45) is 0 Å². The highest BCUT2D eigenvalue weighted by molar-refractivity contribution is 7.80. The summed E-state index contributed by atoms with van der Waals surface area (Å²) in [5, 5.41) is 3.40. The van der Waals surface area contributed by atoms with Crippen molar-refractivity contribution in [3.05, 3.63) is 24.3 Å². The molecule has 0 aromatic heterocycles. The highest BCUT2D eigenvalue weighted by atomic mass is 32.1. The second kappa shape index (κ2) is 11.5.